The number of nitrogens with one attached hydrogen (secondary N) is 1. The predicted octanol–water partition coefficient (Wildman–Crippen LogP) is 3.20. The minimum Gasteiger partial charge on any atom is -0.507 e. The van der Waals surface area contributed by atoms with Crippen molar-refractivity contribution in [2.45, 2.75) is 0 Å². The van der Waals surface area contributed by atoms with Gasteiger partial charge in [0.05, 0.1) is 6.21 Å². The largest absolute Gasteiger partial charge is 0.507 e. The standard InChI is InChI=1S/C15H12N4OS/c20-13-9-5-4-8-12(13)10-16-19-14(17-18-15(19)21)11-6-2-1-3-7-11/h1-10,20H,(H,18,21)/b16-10+. The molecule has 0 atom stereocenters. The zero-order valence-corrected chi connectivity index (χ0v) is 11.8. The van der Waals surface area contributed by atoms with Gasteiger partial charge in [-0.15, -0.1) is 0 Å². The molecule has 0 spiro atoms. The lowest BCUT2D eigenvalue weighted by Crippen LogP contribution is -1.95. The number of rotatable bonds is 3. The summed E-state index contributed by atoms with van der Waals surface area (Å²) in [7, 11) is 0. The number of benzene rings is 2. The van der Waals surface area contributed by atoms with Crippen LogP contribution in [-0.2, 0) is 0 Å². The number of H-pyrrole nitrogens is 1. The second-order valence-electron chi connectivity index (χ2n) is 4.33. The number of phenolic OH excluding ortho intramolecular Hbond substituents is 1. The number of hydrogen-bond acceptors (Lipinski definition) is 4. The Morgan fingerprint density at radius 2 is 1.81 bits per heavy atom. The zero-order valence-electron chi connectivity index (χ0n) is 11.0. The first-order chi connectivity index (χ1) is 10.3. The maximum absolute atomic E-state index is 9.74. The summed E-state index contributed by atoms with van der Waals surface area (Å²) in [5.74, 6) is 0.782. The third-order valence-electron chi connectivity index (χ3n) is 2.93. The van der Waals surface area contributed by atoms with Crippen LogP contribution in [0, 0.1) is 4.77 Å². The van der Waals surface area contributed by atoms with Crippen LogP contribution in [0.15, 0.2) is 59.7 Å². The fraction of sp³-hybridized carbons (Fsp3) is 0. The van der Waals surface area contributed by atoms with Crippen LogP contribution < -0.4 is 0 Å². The number of aromatic amines is 1. The van der Waals surface area contributed by atoms with Gasteiger partial charge in [0.1, 0.15) is 5.75 Å². The first kappa shape index (κ1) is 13.3. The van der Waals surface area contributed by atoms with Crippen LogP contribution in [0.2, 0.25) is 0 Å². The summed E-state index contributed by atoms with van der Waals surface area (Å²) >= 11 is 5.19. The molecular weight excluding hydrogens is 284 g/mol. The quantitative estimate of drug-likeness (QED) is 0.576. The average Bonchev–Trinajstić information content (AvgIpc) is 2.88. The van der Waals surface area contributed by atoms with Crippen molar-refractivity contribution in [1.29, 1.82) is 0 Å². The fourth-order valence-electron chi connectivity index (χ4n) is 1.89. The number of aromatic hydroxyl groups is 1. The van der Waals surface area contributed by atoms with Crippen molar-refractivity contribution in [1.82, 2.24) is 14.9 Å². The maximum Gasteiger partial charge on any atom is 0.216 e. The van der Waals surface area contributed by atoms with Gasteiger partial charge in [0.15, 0.2) is 5.82 Å². The summed E-state index contributed by atoms with van der Waals surface area (Å²) in [6.45, 7) is 0. The summed E-state index contributed by atoms with van der Waals surface area (Å²) in [5.41, 5.74) is 1.51. The van der Waals surface area contributed by atoms with Crippen LogP contribution in [-0.4, -0.2) is 26.2 Å². The molecule has 0 saturated carbocycles. The fourth-order valence-corrected chi connectivity index (χ4v) is 2.07. The Morgan fingerprint density at radius 3 is 2.57 bits per heavy atom. The van der Waals surface area contributed by atoms with Gasteiger partial charge in [-0.1, -0.05) is 42.5 Å². The van der Waals surface area contributed by atoms with E-state index in [1.54, 1.807) is 24.4 Å². The van der Waals surface area contributed by atoms with E-state index in [0.717, 1.165) is 5.56 Å². The van der Waals surface area contributed by atoms with Crippen LogP contribution in [0.5, 0.6) is 5.75 Å². The third kappa shape index (κ3) is 2.75. The van der Waals surface area contributed by atoms with Crippen molar-refractivity contribution in [3.63, 3.8) is 0 Å². The second-order valence-corrected chi connectivity index (χ2v) is 4.72. The highest BCUT2D eigenvalue weighted by Gasteiger charge is 2.07. The first-order valence-corrected chi connectivity index (χ1v) is 6.72. The highest BCUT2D eigenvalue weighted by Crippen LogP contribution is 2.17. The number of hydrogen-bond donors (Lipinski definition) is 2. The third-order valence-corrected chi connectivity index (χ3v) is 3.20. The van der Waals surface area contributed by atoms with Crippen molar-refractivity contribution in [2.24, 2.45) is 5.10 Å². The minimum absolute atomic E-state index is 0.164. The van der Waals surface area contributed by atoms with Gasteiger partial charge < -0.3 is 5.11 Å². The molecule has 0 bridgehead atoms. The highest BCUT2D eigenvalue weighted by atomic mass is 32.1. The summed E-state index contributed by atoms with van der Waals surface area (Å²) in [6, 6.07) is 16.6. The lowest BCUT2D eigenvalue weighted by molar-refractivity contribution is 0.474. The molecule has 0 aliphatic carbocycles. The van der Waals surface area contributed by atoms with E-state index >= 15 is 0 Å². The maximum atomic E-state index is 9.74. The van der Waals surface area contributed by atoms with Crippen molar-refractivity contribution >= 4 is 18.4 Å². The van der Waals surface area contributed by atoms with Crippen molar-refractivity contribution in [3.05, 3.63) is 64.9 Å². The Labute approximate surface area is 126 Å². The van der Waals surface area contributed by atoms with Crippen molar-refractivity contribution in [3.8, 4) is 17.1 Å². The Bertz CT molecular complexity index is 836. The number of nitrogens with zero attached hydrogens (tertiary/aromatic N) is 3. The van der Waals surface area contributed by atoms with Gasteiger partial charge in [-0.3, -0.25) is 0 Å². The van der Waals surface area contributed by atoms with Gasteiger partial charge in [0.25, 0.3) is 0 Å². The summed E-state index contributed by atoms with van der Waals surface area (Å²) in [5, 5.41) is 21.0. The van der Waals surface area contributed by atoms with E-state index in [1.165, 1.54) is 4.68 Å². The average molecular weight is 296 g/mol. The van der Waals surface area contributed by atoms with E-state index in [9.17, 15) is 5.11 Å². The van der Waals surface area contributed by atoms with Crippen molar-refractivity contribution < 1.29 is 5.11 Å². The molecule has 0 radical (unpaired) electrons. The summed E-state index contributed by atoms with van der Waals surface area (Å²) in [6.07, 6.45) is 1.55. The van der Waals surface area contributed by atoms with Gasteiger partial charge in [0, 0.05) is 11.1 Å². The van der Waals surface area contributed by atoms with E-state index in [2.05, 4.69) is 15.3 Å². The summed E-state index contributed by atoms with van der Waals surface area (Å²) in [4.78, 5) is 0. The first-order valence-electron chi connectivity index (χ1n) is 6.31. The van der Waals surface area contributed by atoms with E-state index in [0.29, 0.717) is 16.2 Å². The monoisotopic (exact) mass is 296 g/mol. The second kappa shape index (κ2) is 5.72. The highest BCUT2D eigenvalue weighted by molar-refractivity contribution is 7.71. The van der Waals surface area contributed by atoms with Gasteiger partial charge >= 0.3 is 0 Å². The van der Waals surface area contributed by atoms with Gasteiger partial charge in [-0.05, 0) is 24.4 Å². The molecule has 0 fully saturated rings. The Kier molecular flexibility index (Phi) is 3.61. The zero-order chi connectivity index (χ0) is 14.7. The molecule has 1 aromatic heterocycles. The molecular formula is C15H12N4OS. The van der Waals surface area contributed by atoms with E-state index in [-0.39, 0.29) is 5.75 Å². The Hall–Kier alpha value is -2.73. The van der Waals surface area contributed by atoms with Crippen molar-refractivity contribution in [2.75, 3.05) is 0 Å². The van der Waals surface area contributed by atoms with Gasteiger partial charge in [-0.25, -0.2) is 5.10 Å². The molecule has 21 heavy (non-hydrogen) atoms. The van der Waals surface area contributed by atoms with Gasteiger partial charge in [-0.2, -0.15) is 14.9 Å². The smallest absolute Gasteiger partial charge is 0.216 e. The Balaban J connectivity index is 2.02. The lowest BCUT2D eigenvalue weighted by atomic mass is 10.2. The van der Waals surface area contributed by atoms with Crippen LogP contribution in [0.4, 0.5) is 0 Å². The molecule has 104 valence electrons. The summed E-state index contributed by atoms with van der Waals surface area (Å²) < 4.78 is 1.91. The predicted molar refractivity (Wildman–Crippen MR) is 83.9 cm³/mol. The van der Waals surface area contributed by atoms with Crippen LogP contribution in [0.1, 0.15) is 5.56 Å². The number of phenols is 1. The van der Waals surface area contributed by atoms with E-state index in [1.807, 2.05) is 36.4 Å². The van der Waals surface area contributed by atoms with Gasteiger partial charge in [0.2, 0.25) is 4.77 Å². The molecule has 2 N–H and O–H groups in total. The molecule has 6 heteroatoms. The molecule has 2 aromatic carbocycles. The molecule has 0 amide bonds. The Morgan fingerprint density at radius 1 is 1.10 bits per heavy atom. The molecule has 5 nitrogen and oxygen atoms in total. The van der Waals surface area contributed by atoms with E-state index in [4.69, 9.17) is 12.2 Å². The SMILES string of the molecule is Oc1ccccc1/C=N/n1c(-c2ccccc2)n[nH]c1=S. The molecule has 3 aromatic rings. The number of para-hydroxylation sites is 1. The number of aromatic nitrogens is 3. The normalized spacial score (nSPS) is 11.0. The minimum atomic E-state index is 0.164. The van der Waals surface area contributed by atoms with Crippen LogP contribution >= 0.6 is 12.2 Å². The molecule has 0 saturated heterocycles. The lowest BCUT2D eigenvalue weighted by Gasteiger charge is -2.01. The molecule has 0 aliphatic rings. The molecule has 0 unspecified atom stereocenters. The van der Waals surface area contributed by atoms with Crippen LogP contribution in [0.3, 0.4) is 0 Å². The molecule has 1 heterocycles. The topological polar surface area (TPSA) is 66.2 Å². The molecule has 3 rings (SSSR count). The molecule has 0 aliphatic heterocycles. The van der Waals surface area contributed by atoms with E-state index < -0.39 is 0 Å². The van der Waals surface area contributed by atoms with Crippen LogP contribution in [0.25, 0.3) is 11.4 Å².